The van der Waals surface area contributed by atoms with Crippen molar-refractivity contribution in [2.75, 3.05) is 13.6 Å². The Labute approximate surface area is 53.7 Å². The molecule has 2 N–H and O–H groups in total. The molecule has 0 heterocycles. The second kappa shape index (κ2) is 3.42. The van der Waals surface area contributed by atoms with E-state index in [1.165, 1.54) is 11.8 Å². The Balaban J connectivity index is 3.50. The average molecular weight is 133 g/mol. The molecule has 0 rings (SSSR count). The lowest BCUT2D eigenvalue weighted by Crippen LogP contribution is -2.33. The third kappa shape index (κ3) is 3.93. The molecule has 0 radical (unpaired) electrons. The van der Waals surface area contributed by atoms with Crippen molar-refractivity contribution in [2.45, 2.75) is 13.2 Å². The maximum Gasteiger partial charge on any atom is 0.317 e. The van der Waals surface area contributed by atoms with Gasteiger partial charge in [0.15, 0.2) is 0 Å². The first-order valence-corrected chi connectivity index (χ1v) is 2.64. The lowest BCUT2D eigenvalue weighted by atomic mass is 10.5. The molecule has 0 bridgehead atoms. The molecule has 0 amide bonds. The normalized spacial score (nSPS) is 13.8. The van der Waals surface area contributed by atoms with Crippen molar-refractivity contribution in [1.29, 1.82) is 0 Å². The lowest BCUT2D eigenvalue weighted by Gasteiger charge is -2.16. The molecule has 4 nitrogen and oxygen atoms in total. The predicted octanol–water partition coefficient (Wildman–Crippen LogP) is -0.659. The summed E-state index contributed by atoms with van der Waals surface area (Å²) in [5.41, 5.74) is 0. The van der Waals surface area contributed by atoms with Gasteiger partial charge < -0.3 is 10.2 Å². The van der Waals surface area contributed by atoms with Gasteiger partial charge in [-0.05, 0) is 14.0 Å². The third-order valence-electron chi connectivity index (χ3n) is 1.02. The maximum absolute atomic E-state index is 9.96. The molecule has 4 heteroatoms. The number of hydrogen-bond acceptors (Lipinski definition) is 3. The number of hydrogen-bond donors (Lipinski definition) is 2. The van der Waals surface area contributed by atoms with Crippen molar-refractivity contribution in [3.63, 3.8) is 0 Å². The highest BCUT2D eigenvalue weighted by molar-refractivity contribution is 5.69. The summed E-state index contributed by atoms with van der Waals surface area (Å²) >= 11 is 0. The molecule has 1 unspecified atom stereocenters. The zero-order valence-corrected chi connectivity index (χ0v) is 5.53. The van der Waals surface area contributed by atoms with E-state index in [1.54, 1.807) is 7.05 Å². The van der Waals surface area contributed by atoms with E-state index in [9.17, 15) is 4.79 Å². The van der Waals surface area contributed by atoms with E-state index in [4.69, 9.17) is 10.2 Å². The first kappa shape index (κ1) is 8.39. The molecule has 54 valence electrons. The van der Waals surface area contributed by atoms with Crippen LogP contribution in [0.3, 0.4) is 0 Å². The number of nitrogens with zero attached hydrogens (tertiary/aromatic N) is 1. The van der Waals surface area contributed by atoms with Gasteiger partial charge in [0.25, 0.3) is 0 Å². The molecule has 0 saturated heterocycles. The van der Waals surface area contributed by atoms with Gasteiger partial charge in [-0.15, -0.1) is 0 Å². The van der Waals surface area contributed by atoms with Crippen molar-refractivity contribution in [2.24, 2.45) is 0 Å². The summed E-state index contributed by atoms with van der Waals surface area (Å²) in [5.74, 6) is -0.932. The van der Waals surface area contributed by atoms with Crippen molar-refractivity contribution >= 4 is 5.97 Å². The Morgan fingerprint density at radius 2 is 2.22 bits per heavy atom. The van der Waals surface area contributed by atoms with Gasteiger partial charge in [0.05, 0.1) is 6.54 Å². The fraction of sp³-hybridized carbons (Fsp3) is 0.800. The van der Waals surface area contributed by atoms with E-state index in [2.05, 4.69) is 0 Å². The topological polar surface area (TPSA) is 60.8 Å². The molecule has 0 spiro atoms. The number of aliphatic hydroxyl groups excluding tert-OH is 1. The SMILES string of the molecule is CC(O)N(C)CC(=O)O. The number of aliphatic hydroxyl groups is 1. The van der Waals surface area contributed by atoms with Crippen LogP contribution in [0.5, 0.6) is 0 Å². The monoisotopic (exact) mass is 133 g/mol. The van der Waals surface area contributed by atoms with E-state index in [1.807, 2.05) is 0 Å². The van der Waals surface area contributed by atoms with E-state index in [0.717, 1.165) is 0 Å². The number of rotatable bonds is 3. The van der Waals surface area contributed by atoms with Gasteiger partial charge in [-0.2, -0.15) is 0 Å². The Kier molecular flexibility index (Phi) is 3.19. The first-order valence-electron chi connectivity index (χ1n) is 2.64. The van der Waals surface area contributed by atoms with Crippen LogP contribution in [0.4, 0.5) is 0 Å². The van der Waals surface area contributed by atoms with Crippen molar-refractivity contribution < 1.29 is 15.0 Å². The highest BCUT2D eigenvalue weighted by Gasteiger charge is 2.07. The zero-order chi connectivity index (χ0) is 7.44. The summed E-state index contributed by atoms with van der Waals surface area (Å²) in [4.78, 5) is 11.3. The van der Waals surface area contributed by atoms with Gasteiger partial charge in [0.1, 0.15) is 6.23 Å². The number of carbonyl (C=O) groups is 1. The van der Waals surface area contributed by atoms with E-state index < -0.39 is 12.2 Å². The van der Waals surface area contributed by atoms with Crippen LogP contribution in [-0.2, 0) is 4.79 Å². The minimum Gasteiger partial charge on any atom is -0.480 e. The fourth-order valence-corrected chi connectivity index (χ4v) is 0.345. The minimum absolute atomic E-state index is 0.127. The Morgan fingerprint density at radius 3 is 2.33 bits per heavy atom. The second-order valence-corrected chi connectivity index (χ2v) is 1.94. The zero-order valence-electron chi connectivity index (χ0n) is 5.53. The molecule has 0 aromatic carbocycles. The summed E-state index contributed by atoms with van der Waals surface area (Å²) in [7, 11) is 1.54. The molecule has 0 aliphatic rings. The molecule has 0 aromatic rings. The van der Waals surface area contributed by atoms with Gasteiger partial charge in [-0.25, -0.2) is 0 Å². The minimum atomic E-state index is -0.932. The Bertz CT molecular complexity index is 102. The largest absolute Gasteiger partial charge is 0.480 e. The molecule has 0 fully saturated rings. The standard InChI is InChI=1S/C5H11NO3/c1-4(7)6(2)3-5(8)9/h4,7H,3H2,1-2H3,(H,8,9). The predicted molar refractivity (Wildman–Crippen MR) is 31.9 cm³/mol. The highest BCUT2D eigenvalue weighted by atomic mass is 16.4. The third-order valence-corrected chi connectivity index (χ3v) is 1.02. The average Bonchev–Trinajstić information content (AvgIpc) is 1.63. The summed E-state index contributed by atoms with van der Waals surface area (Å²) in [6, 6.07) is 0. The quantitative estimate of drug-likeness (QED) is 0.502. The van der Waals surface area contributed by atoms with Crippen molar-refractivity contribution in [1.82, 2.24) is 4.90 Å². The molecule has 0 aromatic heterocycles. The lowest BCUT2D eigenvalue weighted by molar-refractivity contribution is -0.140. The van der Waals surface area contributed by atoms with Crippen LogP contribution in [0.25, 0.3) is 0 Å². The highest BCUT2D eigenvalue weighted by Crippen LogP contribution is 1.87. The van der Waals surface area contributed by atoms with Gasteiger partial charge in [-0.1, -0.05) is 0 Å². The van der Waals surface area contributed by atoms with Gasteiger partial charge in [0, 0.05) is 0 Å². The molecule has 1 atom stereocenters. The first-order chi connectivity index (χ1) is 4.04. The number of carboxylic acids is 1. The summed E-state index contributed by atoms with van der Waals surface area (Å²) in [6.45, 7) is 1.39. The number of likely N-dealkylation sites (N-methyl/N-ethyl adjacent to an activating group) is 1. The molecule has 9 heavy (non-hydrogen) atoms. The van der Waals surface area contributed by atoms with Gasteiger partial charge in [0.2, 0.25) is 0 Å². The van der Waals surface area contributed by atoms with E-state index >= 15 is 0 Å². The number of carboxylic acid groups (broad SMARTS) is 1. The molecule has 0 aliphatic carbocycles. The van der Waals surface area contributed by atoms with Gasteiger partial charge in [-0.3, -0.25) is 9.69 Å². The fourth-order valence-electron chi connectivity index (χ4n) is 0.345. The summed E-state index contributed by atoms with van der Waals surface area (Å²) in [5, 5.41) is 16.9. The summed E-state index contributed by atoms with van der Waals surface area (Å²) in [6.07, 6.45) is -0.693. The molecular formula is C5H11NO3. The van der Waals surface area contributed by atoms with Gasteiger partial charge >= 0.3 is 5.97 Å². The summed E-state index contributed by atoms with van der Waals surface area (Å²) < 4.78 is 0. The number of aliphatic carboxylic acids is 1. The molecule has 0 saturated carbocycles. The van der Waals surface area contributed by atoms with Crippen LogP contribution in [0.2, 0.25) is 0 Å². The van der Waals surface area contributed by atoms with E-state index in [-0.39, 0.29) is 6.54 Å². The Morgan fingerprint density at radius 1 is 1.78 bits per heavy atom. The van der Waals surface area contributed by atoms with Crippen LogP contribution < -0.4 is 0 Å². The van der Waals surface area contributed by atoms with Crippen LogP contribution >= 0.6 is 0 Å². The second-order valence-electron chi connectivity index (χ2n) is 1.94. The maximum atomic E-state index is 9.96. The van der Waals surface area contributed by atoms with Crippen LogP contribution in [0.1, 0.15) is 6.92 Å². The van der Waals surface area contributed by atoms with Crippen LogP contribution in [-0.4, -0.2) is 40.9 Å². The van der Waals surface area contributed by atoms with Crippen molar-refractivity contribution in [3.8, 4) is 0 Å². The van der Waals surface area contributed by atoms with Crippen LogP contribution in [0, 0.1) is 0 Å². The smallest absolute Gasteiger partial charge is 0.317 e. The molecular weight excluding hydrogens is 122 g/mol. The van der Waals surface area contributed by atoms with Crippen molar-refractivity contribution in [3.05, 3.63) is 0 Å². The van der Waals surface area contributed by atoms with E-state index in [0.29, 0.717) is 0 Å². The van der Waals surface area contributed by atoms with Crippen LogP contribution in [0.15, 0.2) is 0 Å². The Hall–Kier alpha value is -0.610. The molecule has 0 aliphatic heterocycles.